The third-order valence-corrected chi connectivity index (χ3v) is 14.0. The number of carbonyl (C=O) groups is 4. The maximum absolute atomic E-state index is 13.0. The van der Waals surface area contributed by atoms with Gasteiger partial charge in [0.15, 0.2) is 0 Å². The first kappa shape index (κ1) is 48.7. The lowest BCUT2D eigenvalue weighted by molar-refractivity contribution is -0.124. The zero-order chi connectivity index (χ0) is 45.6. The van der Waals surface area contributed by atoms with Crippen LogP contribution in [-0.4, -0.2) is 59.1 Å². The van der Waals surface area contributed by atoms with E-state index >= 15 is 0 Å². The second-order valence-corrected chi connectivity index (χ2v) is 19.2. The van der Waals surface area contributed by atoms with E-state index < -0.39 is 0 Å². The Kier molecular flexibility index (Phi) is 18.2. The predicted octanol–water partition coefficient (Wildman–Crippen LogP) is 10.5. The van der Waals surface area contributed by atoms with E-state index in [9.17, 15) is 29.4 Å². The van der Waals surface area contributed by atoms with E-state index in [1.165, 1.54) is 51.4 Å². The highest BCUT2D eigenvalue weighted by Gasteiger charge is 2.46. The van der Waals surface area contributed by atoms with Gasteiger partial charge in [-0.1, -0.05) is 165 Å². The number of aliphatic hydroxyl groups is 2. The molecule has 2 aliphatic heterocycles. The summed E-state index contributed by atoms with van der Waals surface area (Å²) in [5.41, 5.74) is 3.63. The molecule has 0 bridgehead atoms. The minimum Gasteiger partial charge on any atom is -0.394 e. The van der Waals surface area contributed by atoms with Crippen molar-refractivity contribution in [3.05, 3.63) is 83.9 Å². The predicted molar refractivity (Wildman–Crippen MR) is 259 cm³/mol. The van der Waals surface area contributed by atoms with Gasteiger partial charge in [0, 0.05) is 58.7 Å². The highest BCUT2D eigenvalue weighted by Crippen LogP contribution is 2.44. The zero-order valence-electron chi connectivity index (χ0n) is 38.8. The molecular weight excluding hydrogens is 801 g/mol. The molecule has 0 radical (unpaired) electrons. The van der Waals surface area contributed by atoms with Crippen molar-refractivity contribution in [1.82, 2.24) is 10.6 Å². The molecule has 4 amide bonds. The van der Waals surface area contributed by atoms with Gasteiger partial charge in [-0.3, -0.25) is 19.2 Å². The minimum absolute atomic E-state index is 0.00957. The summed E-state index contributed by atoms with van der Waals surface area (Å²) < 4.78 is 0. The molecule has 0 unspecified atom stereocenters. The van der Waals surface area contributed by atoms with Gasteiger partial charge >= 0.3 is 0 Å². The molecule has 0 aliphatic carbocycles. The molecule has 6 atom stereocenters. The number of anilines is 2. The van der Waals surface area contributed by atoms with Gasteiger partial charge in [0.25, 0.3) is 0 Å². The second-order valence-electron chi connectivity index (χ2n) is 19.2. The summed E-state index contributed by atoms with van der Waals surface area (Å²) in [6.07, 6.45) is 17.1. The third kappa shape index (κ3) is 12.1. The number of unbranched alkanes of at least 4 members (excludes halogenated alkanes) is 13. The largest absolute Gasteiger partial charge is 0.394 e. The van der Waals surface area contributed by atoms with Gasteiger partial charge in [-0.25, -0.2) is 0 Å². The molecule has 0 aromatic heterocycles. The summed E-state index contributed by atoms with van der Waals surface area (Å²) in [6.45, 7) is 7.98. The zero-order valence-corrected chi connectivity index (χ0v) is 38.8. The number of hydrogen-bond donors (Lipinski definition) is 6. The number of amides is 4. The van der Waals surface area contributed by atoms with Gasteiger partial charge in [0.2, 0.25) is 23.6 Å². The third-order valence-electron chi connectivity index (χ3n) is 14.0. The van der Waals surface area contributed by atoms with E-state index in [0.29, 0.717) is 12.8 Å². The lowest BCUT2D eigenvalue weighted by atomic mass is 9.77. The Morgan fingerprint density at radius 2 is 0.797 bits per heavy atom. The molecule has 10 nitrogen and oxygen atoms in total. The van der Waals surface area contributed by atoms with Gasteiger partial charge in [-0.05, 0) is 58.7 Å². The molecule has 2 aliphatic rings. The Bertz CT molecular complexity index is 2030. The topological polar surface area (TPSA) is 157 Å². The first-order valence-corrected chi connectivity index (χ1v) is 24.5. The molecular formula is C54H74N4O6. The second kappa shape index (κ2) is 23.9. The van der Waals surface area contributed by atoms with Crippen LogP contribution in [0, 0.1) is 23.7 Å². The summed E-state index contributed by atoms with van der Waals surface area (Å²) >= 11 is 0. The highest BCUT2D eigenvalue weighted by atomic mass is 16.3. The van der Waals surface area contributed by atoms with Crippen LogP contribution in [0.5, 0.6) is 0 Å². The Morgan fingerprint density at radius 1 is 0.484 bits per heavy atom. The molecule has 6 rings (SSSR count). The Balaban J connectivity index is 0.797. The fraction of sp³-hybridized carbons (Fsp3) is 0.556. The standard InChI is InChI=1S/C54H74N4O6/c1-35(2)49-51(45(33-59)57-53(49)63)41-29-31-43(39-25-21-19-23-37(39)41)55-47(61)27-17-15-13-11-9-7-5-6-8-10-12-14-16-18-28-48(62)56-44-32-30-42(38-24-20-22-26-40(38)44)52-46(34-60)58-54(64)50(52)36(3)4/h19-26,29-32,35-36,45-46,49-52,59-60H,5-18,27-28,33-34H2,1-4H3,(H,55,61)(H,56,62)(H,57,63)(H,58,64)/t45-,46-,49-,50-,51-,52-/m1/s1. The van der Waals surface area contributed by atoms with Crippen LogP contribution in [0.15, 0.2) is 72.8 Å². The summed E-state index contributed by atoms with van der Waals surface area (Å²) in [5, 5.41) is 36.4. The molecule has 2 saturated heterocycles. The van der Waals surface area contributed by atoms with Crippen LogP contribution in [0.1, 0.15) is 153 Å². The molecule has 4 aromatic carbocycles. The molecule has 2 fully saturated rings. The molecule has 6 N–H and O–H groups in total. The van der Waals surface area contributed by atoms with Gasteiger partial charge in [-0.2, -0.15) is 0 Å². The molecule has 2 heterocycles. The van der Waals surface area contributed by atoms with Crippen LogP contribution in [0.3, 0.4) is 0 Å². The Labute approximate surface area is 381 Å². The Hall–Kier alpha value is -4.80. The smallest absolute Gasteiger partial charge is 0.224 e. The van der Waals surface area contributed by atoms with Crippen molar-refractivity contribution in [3.8, 4) is 0 Å². The van der Waals surface area contributed by atoms with E-state index in [0.717, 1.165) is 82.6 Å². The molecule has 64 heavy (non-hydrogen) atoms. The molecule has 0 spiro atoms. The fourth-order valence-electron chi connectivity index (χ4n) is 10.7. The van der Waals surface area contributed by atoms with Gasteiger partial charge in [-0.15, -0.1) is 0 Å². The summed E-state index contributed by atoms with van der Waals surface area (Å²) in [4.78, 5) is 51.6. The van der Waals surface area contributed by atoms with E-state index in [1.54, 1.807) is 0 Å². The molecule has 10 heteroatoms. The van der Waals surface area contributed by atoms with Crippen LogP contribution in [-0.2, 0) is 19.2 Å². The number of aliphatic hydroxyl groups excluding tert-OH is 2. The van der Waals surface area contributed by atoms with Crippen molar-refractivity contribution in [2.75, 3.05) is 23.8 Å². The maximum atomic E-state index is 13.0. The summed E-state index contributed by atoms with van der Waals surface area (Å²) in [6, 6.07) is 23.3. The minimum atomic E-state index is -0.329. The van der Waals surface area contributed by atoms with Gasteiger partial charge in [0.1, 0.15) is 0 Å². The normalized spacial score (nSPS) is 20.9. The van der Waals surface area contributed by atoms with E-state index in [4.69, 9.17) is 0 Å². The van der Waals surface area contributed by atoms with Crippen molar-refractivity contribution in [2.24, 2.45) is 23.7 Å². The van der Waals surface area contributed by atoms with E-state index in [-0.39, 0.29) is 84.4 Å². The highest BCUT2D eigenvalue weighted by molar-refractivity contribution is 6.05. The number of fused-ring (bicyclic) bond motifs is 2. The molecule has 346 valence electrons. The monoisotopic (exact) mass is 875 g/mol. The van der Waals surface area contributed by atoms with Crippen LogP contribution >= 0.6 is 0 Å². The number of nitrogens with one attached hydrogen (secondary N) is 4. The number of benzene rings is 4. The van der Waals surface area contributed by atoms with Crippen LogP contribution < -0.4 is 21.3 Å². The number of hydrogen-bond acceptors (Lipinski definition) is 6. The van der Waals surface area contributed by atoms with Crippen LogP contribution in [0.2, 0.25) is 0 Å². The lowest BCUT2D eigenvalue weighted by Gasteiger charge is -2.26. The average molecular weight is 875 g/mol. The van der Waals surface area contributed by atoms with Crippen LogP contribution in [0.25, 0.3) is 21.5 Å². The van der Waals surface area contributed by atoms with Crippen LogP contribution in [0.4, 0.5) is 11.4 Å². The number of carbonyl (C=O) groups excluding carboxylic acids is 4. The van der Waals surface area contributed by atoms with Crippen molar-refractivity contribution < 1.29 is 29.4 Å². The van der Waals surface area contributed by atoms with E-state index in [2.05, 4.69) is 49.0 Å². The van der Waals surface area contributed by atoms with Crippen molar-refractivity contribution in [1.29, 1.82) is 0 Å². The van der Waals surface area contributed by atoms with Crippen molar-refractivity contribution in [2.45, 2.75) is 154 Å². The average Bonchev–Trinajstić information content (AvgIpc) is 3.81. The SMILES string of the molecule is CC(C)[C@H]1C(=O)N[C@H](CO)[C@H]1c1ccc(NC(=O)CCCCCCCCCCCCCCCCC(=O)Nc2ccc([C@H]3[C@@H](C(C)C)C(=O)N[C@@H]3CO)c3ccccc23)c2ccccc12. The first-order chi connectivity index (χ1) is 31.0. The summed E-state index contributed by atoms with van der Waals surface area (Å²) in [7, 11) is 0. The van der Waals surface area contributed by atoms with Crippen molar-refractivity contribution >= 4 is 56.5 Å². The number of rotatable bonds is 25. The van der Waals surface area contributed by atoms with E-state index in [1.807, 2.05) is 72.8 Å². The lowest BCUT2D eigenvalue weighted by Crippen LogP contribution is -2.31. The first-order valence-electron chi connectivity index (χ1n) is 24.5. The van der Waals surface area contributed by atoms with Crippen molar-refractivity contribution in [3.63, 3.8) is 0 Å². The molecule has 0 saturated carbocycles. The summed E-state index contributed by atoms with van der Waals surface area (Å²) in [5.74, 6) is -0.423. The Morgan fingerprint density at radius 3 is 1.11 bits per heavy atom. The van der Waals surface area contributed by atoms with Gasteiger partial charge in [0.05, 0.1) is 25.3 Å². The quantitative estimate of drug-likeness (QED) is 0.0364. The fourth-order valence-corrected chi connectivity index (χ4v) is 10.7. The van der Waals surface area contributed by atoms with Gasteiger partial charge < -0.3 is 31.5 Å². The maximum Gasteiger partial charge on any atom is 0.224 e. The molecule has 4 aromatic rings.